The molecule has 0 radical (unpaired) electrons. The minimum atomic E-state index is -0.0114. The molecule has 1 aromatic carbocycles. The van der Waals surface area contributed by atoms with Crippen molar-refractivity contribution in [3.05, 3.63) is 29.5 Å². The van der Waals surface area contributed by atoms with Crippen molar-refractivity contribution in [3.63, 3.8) is 0 Å². The van der Waals surface area contributed by atoms with Crippen LogP contribution in [0.2, 0.25) is 5.02 Å². The Morgan fingerprint density at radius 1 is 1.50 bits per heavy atom. The second-order valence-electron chi connectivity index (χ2n) is 5.67. The summed E-state index contributed by atoms with van der Waals surface area (Å²) >= 11 is 7.76. The molecule has 1 amide bonds. The molecule has 1 unspecified atom stereocenters. The van der Waals surface area contributed by atoms with Gasteiger partial charge in [0.1, 0.15) is 6.33 Å². The summed E-state index contributed by atoms with van der Waals surface area (Å²) in [5, 5.41) is 15.3. The first kappa shape index (κ1) is 19.1. The van der Waals surface area contributed by atoms with Crippen molar-refractivity contribution in [2.45, 2.75) is 17.0 Å². The fourth-order valence-corrected chi connectivity index (χ4v) is 3.32. The second-order valence-corrected chi connectivity index (χ2v) is 7.08. The smallest absolute Gasteiger partial charge is 0.227 e. The number of amides is 1. The molecule has 24 heavy (non-hydrogen) atoms. The molecule has 1 aliphatic rings. The molecule has 1 aliphatic heterocycles. The minimum Gasteiger partial charge on any atom is -0.326 e. The fraction of sp³-hybridized carbons (Fsp3) is 0.400. The van der Waals surface area contributed by atoms with Crippen LogP contribution in [0.25, 0.3) is 0 Å². The highest BCUT2D eigenvalue weighted by Gasteiger charge is 2.28. The lowest BCUT2D eigenvalue weighted by Gasteiger charge is -2.31. The lowest BCUT2D eigenvalue weighted by molar-refractivity contribution is -0.121. The Hall–Kier alpha value is -1.28. The number of nitrogens with one attached hydrogen (secondary N) is 2. The van der Waals surface area contributed by atoms with E-state index < -0.39 is 0 Å². The van der Waals surface area contributed by atoms with E-state index >= 15 is 0 Å². The van der Waals surface area contributed by atoms with Gasteiger partial charge >= 0.3 is 0 Å². The van der Waals surface area contributed by atoms with E-state index in [2.05, 4.69) is 20.8 Å². The Morgan fingerprint density at radius 3 is 2.79 bits per heavy atom. The molecular formula is C15H19Cl2N5OS. The number of aromatic nitrogens is 3. The third kappa shape index (κ3) is 4.22. The predicted octanol–water partition coefficient (Wildman–Crippen LogP) is 2.84. The van der Waals surface area contributed by atoms with Gasteiger partial charge in [-0.25, -0.2) is 0 Å². The van der Waals surface area contributed by atoms with Gasteiger partial charge in [-0.3, -0.25) is 4.79 Å². The molecular weight excluding hydrogens is 369 g/mol. The molecule has 1 atom stereocenters. The molecule has 1 aromatic heterocycles. The summed E-state index contributed by atoms with van der Waals surface area (Å²) < 4.78 is 1.82. The minimum absolute atomic E-state index is 0. The van der Waals surface area contributed by atoms with E-state index in [9.17, 15) is 4.79 Å². The van der Waals surface area contributed by atoms with E-state index in [0.29, 0.717) is 16.6 Å². The van der Waals surface area contributed by atoms with Crippen molar-refractivity contribution in [1.82, 2.24) is 20.1 Å². The standard InChI is InChI=1S/C15H18ClN5OS.ClH/c1-9(10-6-17-7-10)14(22)19-11-3-4-13(12(16)5-11)23-15-20-18-8-21(15)2;/h3-5,8-10,17H,6-7H2,1-2H3,(H,19,22);1H. The van der Waals surface area contributed by atoms with E-state index in [4.69, 9.17) is 11.6 Å². The Balaban J connectivity index is 0.00000208. The molecule has 0 aliphatic carbocycles. The number of rotatable bonds is 5. The normalized spacial score (nSPS) is 15.3. The molecule has 2 aromatic rings. The molecule has 6 nitrogen and oxygen atoms in total. The van der Waals surface area contributed by atoms with Crippen molar-refractivity contribution in [3.8, 4) is 0 Å². The summed E-state index contributed by atoms with van der Waals surface area (Å²) in [6, 6.07) is 5.50. The van der Waals surface area contributed by atoms with Gasteiger partial charge in [-0.15, -0.1) is 22.6 Å². The van der Waals surface area contributed by atoms with Gasteiger partial charge in [-0.1, -0.05) is 18.5 Å². The highest BCUT2D eigenvalue weighted by molar-refractivity contribution is 7.99. The van der Waals surface area contributed by atoms with Crippen LogP contribution in [0.15, 0.2) is 34.6 Å². The van der Waals surface area contributed by atoms with Gasteiger partial charge in [0.15, 0.2) is 5.16 Å². The number of carbonyl (C=O) groups excluding carboxylic acids is 1. The summed E-state index contributed by atoms with van der Waals surface area (Å²) in [6.45, 7) is 3.77. The number of aryl methyl sites for hydroxylation is 1. The van der Waals surface area contributed by atoms with Crippen LogP contribution in [0.1, 0.15) is 6.92 Å². The van der Waals surface area contributed by atoms with Gasteiger partial charge in [0.25, 0.3) is 0 Å². The van der Waals surface area contributed by atoms with Crippen molar-refractivity contribution in [2.75, 3.05) is 18.4 Å². The van der Waals surface area contributed by atoms with Gasteiger partial charge in [-0.2, -0.15) is 0 Å². The first-order chi connectivity index (χ1) is 11.0. The van der Waals surface area contributed by atoms with Gasteiger partial charge in [0.2, 0.25) is 5.91 Å². The van der Waals surface area contributed by atoms with Crippen molar-refractivity contribution in [2.24, 2.45) is 18.9 Å². The second kappa shape index (κ2) is 8.20. The van der Waals surface area contributed by atoms with Crippen LogP contribution in [0, 0.1) is 11.8 Å². The lowest BCUT2D eigenvalue weighted by Crippen LogP contribution is -2.48. The number of benzene rings is 1. The van der Waals surface area contributed by atoms with Crippen LogP contribution in [0.3, 0.4) is 0 Å². The number of hydrogen-bond donors (Lipinski definition) is 2. The number of hydrogen-bond acceptors (Lipinski definition) is 5. The van der Waals surface area contributed by atoms with E-state index in [1.54, 1.807) is 12.4 Å². The topological polar surface area (TPSA) is 71.8 Å². The third-order valence-electron chi connectivity index (χ3n) is 4.00. The summed E-state index contributed by atoms with van der Waals surface area (Å²) in [4.78, 5) is 13.1. The predicted molar refractivity (Wildman–Crippen MR) is 98.0 cm³/mol. The Morgan fingerprint density at radius 2 is 2.25 bits per heavy atom. The molecule has 3 rings (SSSR count). The largest absolute Gasteiger partial charge is 0.326 e. The summed E-state index contributed by atoms with van der Waals surface area (Å²) in [5.41, 5.74) is 0.710. The molecule has 130 valence electrons. The lowest BCUT2D eigenvalue weighted by atomic mass is 9.88. The van der Waals surface area contributed by atoms with Crippen LogP contribution in [0.5, 0.6) is 0 Å². The summed E-state index contributed by atoms with van der Waals surface area (Å²) in [5.74, 6) is 0.431. The average molecular weight is 388 g/mol. The number of anilines is 1. The first-order valence-electron chi connectivity index (χ1n) is 7.37. The molecule has 1 saturated heterocycles. The Kier molecular flexibility index (Phi) is 6.51. The first-order valence-corrected chi connectivity index (χ1v) is 8.57. The van der Waals surface area contributed by atoms with Gasteiger partial charge in [-0.05, 0) is 49.0 Å². The highest BCUT2D eigenvalue weighted by Crippen LogP contribution is 2.33. The van der Waals surface area contributed by atoms with Crippen LogP contribution in [0.4, 0.5) is 5.69 Å². The van der Waals surface area contributed by atoms with Gasteiger partial charge < -0.3 is 15.2 Å². The monoisotopic (exact) mass is 387 g/mol. The van der Waals surface area contributed by atoms with Crippen LogP contribution in [-0.2, 0) is 11.8 Å². The zero-order valence-electron chi connectivity index (χ0n) is 13.3. The van der Waals surface area contributed by atoms with E-state index in [1.165, 1.54) is 11.8 Å². The Labute approximate surface area is 156 Å². The number of halogens is 2. The van der Waals surface area contributed by atoms with Crippen molar-refractivity contribution >= 4 is 47.4 Å². The number of nitrogens with zero attached hydrogens (tertiary/aromatic N) is 3. The average Bonchev–Trinajstić information content (AvgIpc) is 2.85. The fourth-order valence-electron chi connectivity index (χ4n) is 2.26. The highest BCUT2D eigenvalue weighted by atomic mass is 35.5. The maximum atomic E-state index is 12.2. The maximum absolute atomic E-state index is 12.2. The van der Waals surface area contributed by atoms with E-state index in [1.807, 2.05) is 30.7 Å². The zero-order chi connectivity index (χ0) is 16.4. The summed E-state index contributed by atoms with van der Waals surface area (Å²) in [6.07, 6.45) is 1.64. The molecule has 1 fully saturated rings. The molecule has 2 N–H and O–H groups in total. The van der Waals surface area contributed by atoms with Crippen LogP contribution < -0.4 is 10.6 Å². The van der Waals surface area contributed by atoms with Crippen molar-refractivity contribution < 1.29 is 4.79 Å². The molecule has 0 bridgehead atoms. The molecule has 2 heterocycles. The molecule has 0 saturated carbocycles. The van der Waals surface area contributed by atoms with E-state index in [-0.39, 0.29) is 24.2 Å². The SMILES string of the molecule is CC(C(=O)Nc1ccc(Sc2nncn2C)c(Cl)c1)C1CNC1.Cl. The van der Waals surface area contributed by atoms with E-state index in [0.717, 1.165) is 23.1 Å². The zero-order valence-corrected chi connectivity index (χ0v) is 15.7. The van der Waals surface area contributed by atoms with Crippen LogP contribution in [-0.4, -0.2) is 33.8 Å². The quantitative estimate of drug-likeness (QED) is 0.824. The van der Waals surface area contributed by atoms with Gasteiger partial charge in [0, 0.05) is 23.5 Å². The van der Waals surface area contributed by atoms with Crippen molar-refractivity contribution in [1.29, 1.82) is 0 Å². The van der Waals surface area contributed by atoms with Crippen LogP contribution >= 0.6 is 35.8 Å². The number of carbonyl (C=O) groups is 1. The summed E-state index contributed by atoms with van der Waals surface area (Å²) in [7, 11) is 1.88. The van der Waals surface area contributed by atoms with Gasteiger partial charge in [0.05, 0.1) is 5.02 Å². The maximum Gasteiger partial charge on any atom is 0.227 e. The molecule has 9 heteroatoms. The third-order valence-corrected chi connectivity index (χ3v) is 5.56. The Bertz CT molecular complexity index is 720. The molecule has 0 spiro atoms.